The van der Waals surface area contributed by atoms with E-state index in [4.69, 9.17) is 9.47 Å². The Hall–Kier alpha value is -4.24. The number of ether oxygens (including phenoxy) is 2. The van der Waals surface area contributed by atoms with Crippen molar-refractivity contribution in [2.24, 2.45) is 0 Å². The summed E-state index contributed by atoms with van der Waals surface area (Å²) in [4.78, 5) is 50.3. The van der Waals surface area contributed by atoms with Gasteiger partial charge < -0.3 is 24.7 Å². The van der Waals surface area contributed by atoms with Crippen LogP contribution in [0.4, 0.5) is 5.69 Å². The highest BCUT2D eigenvalue weighted by atomic mass is 16.7. The van der Waals surface area contributed by atoms with E-state index in [0.29, 0.717) is 6.42 Å². The van der Waals surface area contributed by atoms with Crippen molar-refractivity contribution >= 4 is 23.5 Å². The number of aromatic nitrogens is 1. The first-order valence-electron chi connectivity index (χ1n) is 12.1. The molecule has 1 fully saturated rings. The highest BCUT2D eigenvalue weighted by Gasteiger charge is 2.37. The molecule has 0 aliphatic carbocycles. The zero-order valence-corrected chi connectivity index (χ0v) is 20.5. The van der Waals surface area contributed by atoms with Gasteiger partial charge in [-0.05, 0) is 36.6 Å². The number of nitrogens with zero attached hydrogens (tertiary/aromatic N) is 1. The molecule has 0 bridgehead atoms. The van der Waals surface area contributed by atoms with Crippen LogP contribution in [0.15, 0.2) is 83.8 Å². The van der Waals surface area contributed by atoms with Gasteiger partial charge in [-0.15, -0.1) is 0 Å². The van der Waals surface area contributed by atoms with Crippen molar-refractivity contribution in [1.29, 1.82) is 0 Å². The molecular weight excluding hydrogens is 474 g/mol. The average molecular weight is 504 g/mol. The number of pyridine rings is 1. The second-order valence-corrected chi connectivity index (χ2v) is 8.82. The van der Waals surface area contributed by atoms with Crippen molar-refractivity contribution in [3.05, 3.63) is 100 Å². The van der Waals surface area contributed by atoms with Crippen molar-refractivity contribution < 1.29 is 23.9 Å². The Morgan fingerprint density at radius 2 is 1.68 bits per heavy atom. The maximum atomic E-state index is 13.0. The molecule has 192 valence electrons. The number of aryl methyl sites for hydroxylation is 1. The summed E-state index contributed by atoms with van der Waals surface area (Å²) < 4.78 is 12.2. The summed E-state index contributed by atoms with van der Waals surface area (Å²) in [6, 6.07) is 20.5. The summed E-state index contributed by atoms with van der Waals surface area (Å²) in [6.45, 7) is 1.78. The van der Waals surface area contributed by atoms with E-state index in [1.54, 1.807) is 13.0 Å². The van der Waals surface area contributed by atoms with E-state index in [9.17, 15) is 19.2 Å². The fourth-order valence-electron chi connectivity index (χ4n) is 4.01. The molecule has 2 amide bonds. The Labute approximate surface area is 214 Å². The van der Waals surface area contributed by atoms with Crippen LogP contribution in [0.1, 0.15) is 36.9 Å². The second kappa shape index (κ2) is 12.1. The van der Waals surface area contributed by atoms with Gasteiger partial charge in [0.05, 0.1) is 13.0 Å². The van der Waals surface area contributed by atoms with E-state index >= 15 is 0 Å². The van der Waals surface area contributed by atoms with Gasteiger partial charge in [-0.3, -0.25) is 19.2 Å². The number of nitrogens with one attached hydrogen (secondary N) is 2. The number of anilines is 1. The number of hydrogen-bond donors (Lipinski definition) is 2. The van der Waals surface area contributed by atoms with Crippen LogP contribution >= 0.6 is 0 Å². The third-order valence-corrected chi connectivity index (χ3v) is 6.08. The molecule has 1 aromatic heterocycles. The molecule has 9 nitrogen and oxygen atoms in total. The van der Waals surface area contributed by atoms with Gasteiger partial charge in [0, 0.05) is 12.6 Å². The van der Waals surface area contributed by atoms with Crippen molar-refractivity contribution in [2.45, 2.75) is 51.2 Å². The summed E-state index contributed by atoms with van der Waals surface area (Å²) >= 11 is 0. The molecule has 4 rings (SSSR count). The third kappa shape index (κ3) is 6.92. The maximum Gasteiger partial charge on any atom is 0.310 e. The normalized spacial score (nSPS) is 17.6. The summed E-state index contributed by atoms with van der Waals surface area (Å²) in [5, 5.41) is 5.41. The number of esters is 1. The standard InChI is InChI=1S/C28H29N3O6/c1-19(26(34)30-23-17-25(33)37-28(23)36-18-21-11-6-3-7-12-21)31-16-8-13-22(27(31)35)29-24(32)15-14-20-9-4-2-5-10-20/h2-13,16,19,23,28H,14-15,17-18H2,1H3,(H,29,32)(H,30,34). The molecule has 0 radical (unpaired) electrons. The molecule has 0 spiro atoms. The van der Waals surface area contributed by atoms with Gasteiger partial charge in [0.25, 0.3) is 5.56 Å². The minimum atomic E-state index is -0.934. The fraction of sp³-hybridized carbons (Fsp3) is 0.286. The minimum absolute atomic E-state index is 0.0374. The molecule has 3 aromatic rings. The van der Waals surface area contributed by atoms with Gasteiger partial charge in [-0.25, -0.2) is 0 Å². The molecule has 0 saturated carbocycles. The Morgan fingerprint density at radius 3 is 2.38 bits per heavy atom. The van der Waals surface area contributed by atoms with Gasteiger partial charge in [0.15, 0.2) is 0 Å². The predicted octanol–water partition coefficient (Wildman–Crippen LogP) is 2.96. The first-order chi connectivity index (χ1) is 17.9. The number of rotatable bonds is 10. The minimum Gasteiger partial charge on any atom is -0.433 e. The molecule has 37 heavy (non-hydrogen) atoms. The number of amides is 2. The Balaban J connectivity index is 1.36. The van der Waals surface area contributed by atoms with Crippen LogP contribution < -0.4 is 16.2 Å². The SMILES string of the molecule is CC(C(=O)NC1CC(=O)OC1OCc1ccccc1)n1cccc(NC(=O)CCc2ccccc2)c1=O. The van der Waals surface area contributed by atoms with Gasteiger partial charge in [-0.1, -0.05) is 60.7 Å². The number of carbonyl (C=O) groups excluding carboxylic acids is 3. The van der Waals surface area contributed by atoms with E-state index < -0.39 is 35.8 Å². The lowest BCUT2D eigenvalue weighted by atomic mass is 10.1. The van der Waals surface area contributed by atoms with E-state index in [2.05, 4.69) is 10.6 Å². The largest absolute Gasteiger partial charge is 0.433 e. The fourth-order valence-corrected chi connectivity index (χ4v) is 4.01. The van der Waals surface area contributed by atoms with Crippen LogP contribution in [0.3, 0.4) is 0 Å². The Bertz CT molecular complexity index is 1290. The molecule has 9 heteroatoms. The molecule has 1 aliphatic rings. The van der Waals surface area contributed by atoms with Gasteiger partial charge in [-0.2, -0.15) is 0 Å². The van der Waals surface area contributed by atoms with E-state index in [0.717, 1.165) is 11.1 Å². The van der Waals surface area contributed by atoms with Crippen molar-refractivity contribution in [3.63, 3.8) is 0 Å². The molecule has 1 saturated heterocycles. The van der Waals surface area contributed by atoms with E-state index in [1.807, 2.05) is 60.7 Å². The highest BCUT2D eigenvalue weighted by molar-refractivity contribution is 5.90. The summed E-state index contributed by atoms with van der Waals surface area (Å²) in [5.74, 6) is -1.25. The van der Waals surface area contributed by atoms with Gasteiger partial charge in [0.2, 0.25) is 18.1 Å². The zero-order chi connectivity index (χ0) is 26.2. The lowest BCUT2D eigenvalue weighted by molar-refractivity contribution is -0.168. The smallest absolute Gasteiger partial charge is 0.310 e. The maximum absolute atomic E-state index is 13.0. The van der Waals surface area contributed by atoms with Crippen LogP contribution in [0.5, 0.6) is 0 Å². The number of hydrogen-bond acceptors (Lipinski definition) is 6. The molecule has 2 aromatic carbocycles. The van der Waals surface area contributed by atoms with Crippen LogP contribution in [0, 0.1) is 0 Å². The van der Waals surface area contributed by atoms with Gasteiger partial charge in [0.1, 0.15) is 17.8 Å². The van der Waals surface area contributed by atoms with Crippen molar-refractivity contribution in [3.8, 4) is 0 Å². The lowest BCUT2D eigenvalue weighted by Gasteiger charge is -2.22. The predicted molar refractivity (Wildman–Crippen MR) is 136 cm³/mol. The monoisotopic (exact) mass is 503 g/mol. The van der Waals surface area contributed by atoms with Gasteiger partial charge >= 0.3 is 5.97 Å². The molecule has 3 atom stereocenters. The molecule has 3 unspecified atom stereocenters. The number of carbonyl (C=O) groups is 3. The Morgan fingerprint density at radius 1 is 1.00 bits per heavy atom. The van der Waals surface area contributed by atoms with Crippen LogP contribution in [0.25, 0.3) is 0 Å². The van der Waals surface area contributed by atoms with Crippen LogP contribution in [-0.2, 0) is 36.9 Å². The topological polar surface area (TPSA) is 116 Å². The Kier molecular flexibility index (Phi) is 8.48. The van der Waals surface area contributed by atoms with Crippen LogP contribution in [-0.4, -0.2) is 34.7 Å². The first kappa shape index (κ1) is 25.8. The van der Waals surface area contributed by atoms with Crippen molar-refractivity contribution in [2.75, 3.05) is 5.32 Å². The second-order valence-electron chi connectivity index (χ2n) is 8.82. The summed E-state index contributed by atoms with van der Waals surface area (Å²) in [7, 11) is 0. The number of cyclic esters (lactones) is 1. The highest BCUT2D eigenvalue weighted by Crippen LogP contribution is 2.19. The summed E-state index contributed by atoms with van der Waals surface area (Å²) in [6.07, 6.45) is 1.27. The molecule has 2 heterocycles. The number of benzene rings is 2. The van der Waals surface area contributed by atoms with Crippen molar-refractivity contribution in [1.82, 2.24) is 9.88 Å². The lowest BCUT2D eigenvalue weighted by Crippen LogP contribution is -2.45. The average Bonchev–Trinajstić information content (AvgIpc) is 3.26. The van der Waals surface area contributed by atoms with Crippen LogP contribution in [0.2, 0.25) is 0 Å². The first-order valence-corrected chi connectivity index (χ1v) is 12.1. The van der Waals surface area contributed by atoms with E-state index in [-0.39, 0.29) is 31.0 Å². The summed E-state index contributed by atoms with van der Waals surface area (Å²) in [5.41, 5.74) is 1.50. The molecule has 1 aliphatic heterocycles. The van der Waals surface area contributed by atoms with E-state index in [1.165, 1.54) is 16.8 Å². The third-order valence-electron chi connectivity index (χ3n) is 6.08. The molecule has 2 N–H and O–H groups in total. The quantitative estimate of drug-likeness (QED) is 0.411. The zero-order valence-electron chi connectivity index (χ0n) is 20.5. The molecular formula is C28H29N3O6.